The molecular weight excluding hydrogens is 276 g/mol. The van der Waals surface area contributed by atoms with Crippen LogP contribution in [0.15, 0.2) is 24.0 Å². The number of nitrogens with one attached hydrogen (secondary N) is 1. The number of ether oxygens (including phenoxy) is 2. The van der Waals surface area contributed by atoms with Crippen molar-refractivity contribution in [3.63, 3.8) is 0 Å². The molecule has 0 amide bonds. The second kappa shape index (κ2) is 6.21. The standard InChI is InChI=1S/C13H18N4O4/c1-15-9(7-14)8-16-3-4-21-13-11(16)5-10(17(18)19)6-12(13)20-2/h5-7,15H,3-4,8,14H2,1-2H3/b9-7-. The van der Waals surface area contributed by atoms with Gasteiger partial charge in [0.05, 0.1) is 36.9 Å². The number of rotatable bonds is 5. The Balaban J connectivity index is 2.44. The van der Waals surface area contributed by atoms with Crippen LogP contribution in [0.4, 0.5) is 11.4 Å². The van der Waals surface area contributed by atoms with E-state index in [1.807, 2.05) is 4.90 Å². The molecule has 1 aliphatic rings. The van der Waals surface area contributed by atoms with Crippen LogP contribution in [0.2, 0.25) is 0 Å². The van der Waals surface area contributed by atoms with Crippen molar-refractivity contribution in [1.82, 2.24) is 5.32 Å². The van der Waals surface area contributed by atoms with Crippen molar-refractivity contribution in [1.29, 1.82) is 0 Å². The lowest BCUT2D eigenvalue weighted by atomic mass is 10.2. The van der Waals surface area contributed by atoms with Gasteiger partial charge in [-0.2, -0.15) is 0 Å². The molecule has 1 heterocycles. The summed E-state index contributed by atoms with van der Waals surface area (Å²) in [5, 5.41) is 14.0. The van der Waals surface area contributed by atoms with Crippen molar-refractivity contribution >= 4 is 11.4 Å². The maximum absolute atomic E-state index is 11.0. The van der Waals surface area contributed by atoms with E-state index in [0.717, 1.165) is 5.70 Å². The number of benzene rings is 1. The smallest absolute Gasteiger partial charge is 0.275 e. The lowest BCUT2D eigenvalue weighted by Gasteiger charge is -2.32. The summed E-state index contributed by atoms with van der Waals surface area (Å²) in [7, 11) is 3.23. The number of non-ortho nitro benzene ring substituents is 1. The van der Waals surface area contributed by atoms with E-state index >= 15 is 0 Å². The third-order valence-electron chi connectivity index (χ3n) is 3.28. The summed E-state index contributed by atoms with van der Waals surface area (Å²) in [4.78, 5) is 12.6. The molecule has 0 bridgehead atoms. The number of nitro benzene ring substituents is 1. The number of nitrogens with two attached hydrogens (primary N) is 1. The third kappa shape index (κ3) is 2.93. The normalized spacial score (nSPS) is 14.2. The van der Waals surface area contributed by atoms with Crippen LogP contribution in [0.25, 0.3) is 0 Å². The highest BCUT2D eigenvalue weighted by Crippen LogP contribution is 2.43. The van der Waals surface area contributed by atoms with Crippen molar-refractivity contribution in [2.45, 2.75) is 0 Å². The van der Waals surface area contributed by atoms with Crippen LogP contribution in [-0.2, 0) is 0 Å². The molecule has 1 aliphatic heterocycles. The Morgan fingerprint density at radius 3 is 3.00 bits per heavy atom. The van der Waals surface area contributed by atoms with Gasteiger partial charge in [-0.15, -0.1) is 0 Å². The zero-order valence-corrected chi connectivity index (χ0v) is 12.0. The summed E-state index contributed by atoms with van der Waals surface area (Å²) in [5.41, 5.74) is 6.94. The number of hydrogen-bond acceptors (Lipinski definition) is 7. The monoisotopic (exact) mass is 294 g/mol. The Bertz CT molecular complexity index is 574. The lowest BCUT2D eigenvalue weighted by Crippen LogP contribution is -2.36. The first-order valence-electron chi connectivity index (χ1n) is 6.43. The first-order chi connectivity index (χ1) is 10.1. The second-order valence-corrected chi connectivity index (χ2v) is 4.47. The Kier molecular flexibility index (Phi) is 4.36. The fraction of sp³-hybridized carbons (Fsp3) is 0.385. The number of methoxy groups -OCH3 is 1. The molecule has 3 N–H and O–H groups in total. The molecule has 0 saturated carbocycles. The molecule has 21 heavy (non-hydrogen) atoms. The lowest BCUT2D eigenvalue weighted by molar-refractivity contribution is -0.384. The number of anilines is 1. The van der Waals surface area contributed by atoms with Crippen LogP contribution in [-0.4, -0.2) is 38.8 Å². The van der Waals surface area contributed by atoms with Crippen LogP contribution in [0.5, 0.6) is 11.5 Å². The average molecular weight is 294 g/mol. The van der Waals surface area contributed by atoms with Gasteiger partial charge in [-0.3, -0.25) is 10.1 Å². The molecule has 0 aliphatic carbocycles. The number of nitrogens with zero attached hydrogens (tertiary/aromatic N) is 2. The van der Waals surface area contributed by atoms with Gasteiger partial charge in [-0.25, -0.2) is 0 Å². The number of nitro groups is 1. The summed E-state index contributed by atoms with van der Waals surface area (Å²) in [6.45, 7) is 1.59. The summed E-state index contributed by atoms with van der Waals surface area (Å²) >= 11 is 0. The maximum atomic E-state index is 11.0. The van der Waals surface area contributed by atoms with Gasteiger partial charge in [0.25, 0.3) is 5.69 Å². The van der Waals surface area contributed by atoms with Gasteiger partial charge < -0.3 is 25.4 Å². The molecule has 0 atom stereocenters. The summed E-state index contributed by atoms with van der Waals surface area (Å²) in [5.74, 6) is 0.869. The Labute approximate surface area is 122 Å². The van der Waals surface area contributed by atoms with E-state index in [2.05, 4.69) is 5.32 Å². The Morgan fingerprint density at radius 2 is 2.43 bits per heavy atom. The molecule has 0 unspecified atom stereocenters. The van der Waals surface area contributed by atoms with E-state index < -0.39 is 4.92 Å². The van der Waals surface area contributed by atoms with Crippen molar-refractivity contribution in [2.75, 3.05) is 38.8 Å². The third-order valence-corrected chi connectivity index (χ3v) is 3.28. The van der Waals surface area contributed by atoms with E-state index in [1.54, 1.807) is 7.05 Å². The van der Waals surface area contributed by atoms with Crippen molar-refractivity contribution in [2.24, 2.45) is 5.73 Å². The molecule has 0 spiro atoms. The van der Waals surface area contributed by atoms with E-state index in [9.17, 15) is 10.1 Å². The topological polar surface area (TPSA) is 103 Å². The molecule has 0 radical (unpaired) electrons. The van der Waals surface area contributed by atoms with Gasteiger partial charge in [-0.05, 0) is 0 Å². The van der Waals surface area contributed by atoms with E-state index in [4.69, 9.17) is 15.2 Å². The summed E-state index contributed by atoms with van der Waals surface area (Å²) < 4.78 is 10.8. The SMILES string of the molecule is CN/C(=C\N)CN1CCOc2c(OC)cc([N+](=O)[O-])cc21. The number of fused-ring (bicyclic) bond motifs is 1. The molecule has 2 rings (SSSR count). The highest BCUT2D eigenvalue weighted by Gasteiger charge is 2.26. The van der Waals surface area contributed by atoms with E-state index in [1.165, 1.54) is 25.4 Å². The minimum Gasteiger partial charge on any atom is -0.493 e. The predicted octanol–water partition coefficient (Wildman–Crippen LogP) is 0.822. The minimum absolute atomic E-state index is 0.0381. The Hall–Kier alpha value is -2.64. The zero-order valence-electron chi connectivity index (χ0n) is 12.0. The zero-order chi connectivity index (χ0) is 15.4. The van der Waals surface area contributed by atoms with Crippen LogP contribution in [0.1, 0.15) is 0 Å². The molecule has 8 heteroatoms. The van der Waals surface area contributed by atoms with Gasteiger partial charge in [0, 0.05) is 25.0 Å². The van der Waals surface area contributed by atoms with Gasteiger partial charge in [0.15, 0.2) is 11.5 Å². The van der Waals surface area contributed by atoms with Crippen LogP contribution in [0.3, 0.4) is 0 Å². The molecule has 0 saturated heterocycles. The van der Waals surface area contributed by atoms with E-state index in [-0.39, 0.29) is 5.69 Å². The first-order valence-corrected chi connectivity index (χ1v) is 6.43. The van der Waals surface area contributed by atoms with Crippen LogP contribution >= 0.6 is 0 Å². The highest BCUT2D eigenvalue weighted by molar-refractivity contribution is 5.70. The number of hydrogen-bond donors (Lipinski definition) is 2. The minimum atomic E-state index is -0.451. The molecule has 0 fully saturated rings. The van der Waals surface area contributed by atoms with Gasteiger partial charge >= 0.3 is 0 Å². The molecule has 0 aromatic heterocycles. The largest absolute Gasteiger partial charge is 0.493 e. The van der Waals surface area contributed by atoms with Crippen molar-refractivity contribution in [3.05, 3.63) is 34.1 Å². The summed E-state index contributed by atoms with van der Waals surface area (Å²) in [6.07, 6.45) is 1.48. The number of likely N-dealkylation sites (N-methyl/N-ethyl adjacent to an activating group) is 1. The first kappa shape index (κ1) is 14.8. The molecule has 114 valence electrons. The fourth-order valence-electron chi connectivity index (χ4n) is 2.17. The van der Waals surface area contributed by atoms with Crippen molar-refractivity contribution in [3.8, 4) is 11.5 Å². The predicted molar refractivity (Wildman–Crippen MR) is 78.7 cm³/mol. The van der Waals surface area contributed by atoms with Crippen LogP contribution in [0, 0.1) is 10.1 Å². The quantitative estimate of drug-likeness (QED) is 0.612. The Morgan fingerprint density at radius 1 is 1.67 bits per heavy atom. The second-order valence-electron chi connectivity index (χ2n) is 4.47. The molecule has 1 aromatic carbocycles. The molecule has 1 aromatic rings. The molecule has 8 nitrogen and oxygen atoms in total. The van der Waals surface area contributed by atoms with Gasteiger partial charge in [0.2, 0.25) is 0 Å². The van der Waals surface area contributed by atoms with E-state index in [0.29, 0.717) is 36.9 Å². The average Bonchev–Trinajstić information content (AvgIpc) is 2.51. The maximum Gasteiger partial charge on any atom is 0.275 e. The fourth-order valence-corrected chi connectivity index (χ4v) is 2.17. The van der Waals surface area contributed by atoms with Crippen LogP contribution < -0.4 is 25.4 Å². The van der Waals surface area contributed by atoms with Gasteiger partial charge in [-0.1, -0.05) is 0 Å². The summed E-state index contributed by atoms with van der Waals surface area (Å²) in [6, 6.07) is 2.85. The molecular formula is C13H18N4O4. The van der Waals surface area contributed by atoms with Crippen molar-refractivity contribution < 1.29 is 14.4 Å². The van der Waals surface area contributed by atoms with Gasteiger partial charge in [0.1, 0.15) is 6.61 Å². The highest BCUT2D eigenvalue weighted by atomic mass is 16.6.